The maximum atomic E-state index is 6.59. The molecule has 4 heteroatoms. The van der Waals surface area contributed by atoms with Crippen molar-refractivity contribution < 1.29 is 4.42 Å². The van der Waals surface area contributed by atoms with Gasteiger partial charge in [-0.1, -0.05) is 202 Å². The number of benzene rings is 9. The van der Waals surface area contributed by atoms with Crippen LogP contribution in [0, 0.1) is 0 Å². The van der Waals surface area contributed by atoms with Gasteiger partial charge in [-0.05, 0) is 91.0 Å². The Morgan fingerprint density at radius 3 is 1.55 bits per heavy atom. The van der Waals surface area contributed by atoms with E-state index >= 15 is 0 Å². The second-order valence-electron chi connectivity index (χ2n) is 17.2. The van der Waals surface area contributed by atoms with E-state index in [1.54, 1.807) is 0 Å². The molecule has 0 unspecified atom stereocenters. The SMILES string of the molecule is CC1(C)c2ccccc2-c2c(-c3nc(-c4ccc(-c5ccccc5)cc4)nc(-c4cccc(-c5ccc6c(c5)oc5cccc(-c7ccc(-c8ccccc8)cc7)c56)c4)n3)cccc21. The molecule has 0 N–H and O–H groups in total. The van der Waals surface area contributed by atoms with E-state index in [0.717, 1.165) is 66.4 Å². The van der Waals surface area contributed by atoms with Crippen LogP contribution in [0.25, 0.3) is 112 Å². The van der Waals surface area contributed by atoms with Gasteiger partial charge in [0.2, 0.25) is 0 Å². The van der Waals surface area contributed by atoms with Gasteiger partial charge < -0.3 is 4.42 Å². The molecule has 0 fully saturated rings. The molecule has 2 heterocycles. The Kier molecular flexibility index (Phi) is 8.80. The number of nitrogens with zero attached hydrogens (tertiary/aromatic N) is 3. The number of fused-ring (bicyclic) bond motifs is 6. The van der Waals surface area contributed by atoms with Gasteiger partial charge in [0.15, 0.2) is 17.5 Å². The standard InChI is InChI=1S/C60H41N3O/c1-60(2)51-23-10-9-20-48(51)55-50(22-12-24-52(55)60)59-62-57(43-32-28-41(29-33-43)39-16-7-4-8-17-39)61-58(63-59)46-19-11-18-44(36-46)45-34-35-49-54(37-45)64-53-25-13-21-47(56(49)53)42-30-26-40(27-31-42)38-14-5-3-6-15-38/h3-37H,1-2H3. The topological polar surface area (TPSA) is 51.8 Å². The normalized spacial score (nSPS) is 12.7. The van der Waals surface area contributed by atoms with E-state index in [1.807, 2.05) is 12.1 Å². The molecule has 0 bridgehead atoms. The molecule has 0 saturated heterocycles. The Labute approximate surface area is 372 Å². The summed E-state index contributed by atoms with van der Waals surface area (Å²) in [5.74, 6) is 1.89. The van der Waals surface area contributed by atoms with Gasteiger partial charge in [0.05, 0.1) is 0 Å². The third-order valence-corrected chi connectivity index (χ3v) is 13.0. The van der Waals surface area contributed by atoms with Gasteiger partial charge in [0, 0.05) is 32.9 Å². The number of rotatable bonds is 7. The lowest BCUT2D eigenvalue weighted by molar-refractivity contribution is 0.660. The first kappa shape index (κ1) is 37.5. The Morgan fingerprint density at radius 2 is 0.812 bits per heavy atom. The van der Waals surface area contributed by atoms with E-state index in [4.69, 9.17) is 19.4 Å². The first-order valence-corrected chi connectivity index (χ1v) is 21.8. The molecule has 2 aromatic heterocycles. The van der Waals surface area contributed by atoms with Crippen LogP contribution in [-0.2, 0) is 5.41 Å². The highest BCUT2D eigenvalue weighted by Crippen LogP contribution is 2.52. The maximum Gasteiger partial charge on any atom is 0.164 e. The molecule has 0 amide bonds. The Balaban J connectivity index is 0.953. The van der Waals surface area contributed by atoms with Crippen LogP contribution in [0.1, 0.15) is 25.0 Å². The molecule has 4 nitrogen and oxygen atoms in total. The smallest absolute Gasteiger partial charge is 0.164 e. The van der Waals surface area contributed by atoms with E-state index in [9.17, 15) is 0 Å². The zero-order chi connectivity index (χ0) is 42.8. The van der Waals surface area contributed by atoms with Crippen LogP contribution in [-0.4, -0.2) is 15.0 Å². The van der Waals surface area contributed by atoms with Crippen LogP contribution in [0.5, 0.6) is 0 Å². The average molecular weight is 820 g/mol. The summed E-state index contributed by atoms with van der Waals surface area (Å²) in [7, 11) is 0. The quantitative estimate of drug-likeness (QED) is 0.161. The number of furan rings is 1. The third kappa shape index (κ3) is 6.34. The van der Waals surface area contributed by atoms with Crippen molar-refractivity contribution >= 4 is 21.9 Å². The summed E-state index contributed by atoms with van der Waals surface area (Å²) in [6, 6.07) is 74.9. The Bertz CT molecular complexity index is 3550. The number of hydrogen-bond donors (Lipinski definition) is 0. The van der Waals surface area contributed by atoms with Crippen molar-refractivity contribution in [1.82, 2.24) is 15.0 Å². The van der Waals surface area contributed by atoms with Crippen molar-refractivity contribution in [3.63, 3.8) is 0 Å². The van der Waals surface area contributed by atoms with Crippen molar-refractivity contribution in [2.45, 2.75) is 19.3 Å². The third-order valence-electron chi connectivity index (χ3n) is 13.0. The van der Waals surface area contributed by atoms with Gasteiger partial charge in [0.25, 0.3) is 0 Å². The predicted octanol–water partition coefficient (Wildman–Crippen LogP) is 15.7. The Morgan fingerprint density at radius 1 is 0.328 bits per heavy atom. The molecule has 11 aromatic rings. The minimum absolute atomic E-state index is 0.154. The van der Waals surface area contributed by atoms with E-state index < -0.39 is 0 Å². The van der Waals surface area contributed by atoms with Crippen LogP contribution in [0.2, 0.25) is 0 Å². The lowest BCUT2D eigenvalue weighted by atomic mass is 9.82. The summed E-state index contributed by atoms with van der Waals surface area (Å²) in [6.07, 6.45) is 0. The molecular weight excluding hydrogens is 779 g/mol. The fraction of sp³-hybridized carbons (Fsp3) is 0.0500. The van der Waals surface area contributed by atoms with Crippen LogP contribution in [0.4, 0.5) is 0 Å². The fourth-order valence-electron chi connectivity index (χ4n) is 9.69. The van der Waals surface area contributed by atoms with Crippen LogP contribution in [0.3, 0.4) is 0 Å². The maximum absolute atomic E-state index is 6.59. The molecule has 0 aliphatic heterocycles. The van der Waals surface area contributed by atoms with Gasteiger partial charge in [-0.25, -0.2) is 15.0 Å². The average Bonchev–Trinajstić information content (AvgIpc) is 3.86. The largest absolute Gasteiger partial charge is 0.456 e. The van der Waals surface area contributed by atoms with E-state index in [-0.39, 0.29) is 5.41 Å². The van der Waals surface area contributed by atoms with Crippen molar-refractivity contribution in [3.8, 4) is 89.8 Å². The Hall–Kier alpha value is -8.21. The van der Waals surface area contributed by atoms with Crippen LogP contribution < -0.4 is 0 Å². The highest BCUT2D eigenvalue weighted by atomic mass is 16.3. The molecule has 302 valence electrons. The molecule has 0 radical (unpaired) electrons. The van der Waals surface area contributed by atoms with Crippen molar-refractivity contribution in [2.75, 3.05) is 0 Å². The monoisotopic (exact) mass is 819 g/mol. The van der Waals surface area contributed by atoms with E-state index in [1.165, 1.54) is 38.9 Å². The molecule has 12 rings (SSSR count). The summed E-state index contributed by atoms with van der Waals surface area (Å²) in [5.41, 5.74) is 18.5. The number of aromatic nitrogens is 3. The molecule has 1 aliphatic carbocycles. The van der Waals surface area contributed by atoms with E-state index in [2.05, 4.69) is 214 Å². The zero-order valence-electron chi connectivity index (χ0n) is 35.5. The minimum Gasteiger partial charge on any atom is -0.456 e. The van der Waals surface area contributed by atoms with Crippen molar-refractivity contribution in [1.29, 1.82) is 0 Å². The first-order valence-electron chi connectivity index (χ1n) is 21.8. The van der Waals surface area contributed by atoms with Gasteiger partial charge in [-0.3, -0.25) is 0 Å². The van der Waals surface area contributed by atoms with Gasteiger partial charge in [0.1, 0.15) is 11.2 Å². The second-order valence-corrected chi connectivity index (χ2v) is 17.2. The minimum atomic E-state index is -0.154. The van der Waals surface area contributed by atoms with Gasteiger partial charge >= 0.3 is 0 Å². The highest BCUT2D eigenvalue weighted by Gasteiger charge is 2.37. The first-order chi connectivity index (χ1) is 31.5. The summed E-state index contributed by atoms with van der Waals surface area (Å²) in [5, 5.41) is 2.20. The summed E-state index contributed by atoms with van der Waals surface area (Å²) in [4.78, 5) is 15.7. The fourth-order valence-corrected chi connectivity index (χ4v) is 9.69. The molecule has 0 spiro atoms. The molecule has 0 saturated carbocycles. The zero-order valence-corrected chi connectivity index (χ0v) is 35.5. The summed E-state index contributed by atoms with van der Waals surface area (Å²) < 4.78 is 6.59. The van der Waals surface area contributed by atoms with E-state index in [0.29, 0.717) is 17.5 Å². The van der Waals surface area contributed by atoms with Crippen molar-refractivity contribution in [3.05, 3.63) is 223 Å². The molecule has 64 heavy (non-hydrogen) atoms. The lowest BCUT2D eigenvalue weighted by Gasteiger charge is -2.21. The van der Waals surface area contributed by atoms with Crippen LogP contribution >= 0.6 is 0 Å². The van der Waals surface area contributed by atoms with Crippen molar-refractivity contribution in [2.24, 2.45) is 0 Å². The van der Waals surface area contributed by atoms with Gasteiger partial charge in [-0.2, -0.15) is 0 Å². The van der Waals surface area contributed by atoms with Gasteiger partial charge in [-0.15, -0.1) is 0 Å². The predicted molar refractivity (Wildman–Crippen MR) is 263 cm³/mol. The molecule has 0 atom stereocenters. The van der Waals surface area contributed by atoms with Crippen LogP contribution in [0.15, 0.2) is 217 Å². The summed E-state index contributed by atoms with van der Waals surface area (Å²) >= 11 is 0. The second kappa shape index (κ2) is 15.0. The molecule has 1 aliphatic rings. The molecular formula is C60H41N3O. The summed E-state index contributed by atoms with van der Waals surface area (Å²) in [6.45, 7) is 4.61. The molecule has 9 aromatic carbocycles. The number of hydrogen-bond acceptors (Lipinski definition) is 4. The highest BCUT2D eigenvalue weighted by molar-refractivity contribution is 6.13. The lowest BCUT2D eigenvalue weighted by Crippen LogP contribution is -2.14.